The van der Waals surface area contributed by atoms with Crippen molar-refractivity contribution in [1.82, 2.24) is 25.2 Å². The van der Waals surface area contributed by atoms with Crippen molar-refractivity contribution in [1.29, 1.82) is 0 Å². The molecule has 1 aromatic heterocycles. The molecule has 246 valence electrons. The average molecular weight is 657 g/mol. The molecule has 3 aliphatic heterocycles. The molecule has 47 heavy (non-hydrogen) atoms. The molecule has 12 heteroatoms. The van der Waals surface area contributed by atoms with E-state index in [1.54, 1.807) is 53.7 Å². The normalized spacial score (nSPS) is 21.4. The first-order chi connectivity index (χ1) is 22.8. The van der Waals surface area contributed by atoms with Crippen LogP contribution in [-0.4, -0.2) is 86.4 Å². The standard InChI is InChI=1S/C35H40N6O5S/c42-30(24-39-47(45,46)29-10-9-25-7-2-3-8-28(25)23-29)40-32(35(15-6-16-38-35)33(43)27-13-19-37-20-14-27)31(26-11-17-36-18-12-26)34(44)41-21-4-1-5-22-41/h2-3,6-12,15-18,23,27,31-32,37,39H,1,4-5,13-14,19-22,24H2,(H,40,42). The molecule has 4 heterocycles. The van der Waals surface area contributed by atoms with E-state index in [2.05, 4.69) is 20.3 Å². The highest BCUT2D eigenvalue weighted by Crippen LogP contribution is 2.38. The van der Waals surface area contributed by atoms with Gasteiger partial charge in [0.1, 0.15) is 0 Å². The van der Waals surface area contributed by atoms with E-state index in [1.165, 1.54) is 12.3 Å². The van der Waals surface area contributed by atoms with Gasteiger partial charge >= 0.3 is 0 Å². The molecule has 0 spiro atoms. The molecule has 2 aromatic carbocycles. The first-order valence-electron chi connectivity index (χ1n) is 16.2. The molecule has 3 aliphatic rings. The molecule has 0 bridgehead atoms. The number of carbonyl (C=O) groups is 3. The Hall–Kier alpha value is -4.26. The Balaban J connectivity index is 1.34. The third-order valence-corrected chi connectivity index (χ3v) is 10.8. The predicted molar refractivity (Wildman–Crippen MR) is 179 cm³/mol. The molecule has 3 aromatic rings. The number of hydrogen-bond acceptors (Lipinski definition) is 8. The van der Waals surface area contributed by atoms with Crippen molar-refractivity contribution in [3.63, 3.8) is 0 Å². The van der Waals surface area contributed by atoms with E-state index in [0.29, 0.717) is 44.6 Å². The largest absolute Gasteiger partial charge is 0.348 e. The van der Waals surface area contributed by atoms with Gasteiger partial charge in [-0.1, -0.05) is 30.3 Å². The number of carbonyl (C=O) groups excluding carboxylic acids is 3. The summed E-state index contributed by atoms with van der Waals surface area (Å²) < 4.78 is 29.1. The van der Waals surface area contributed by atoms with Crippen molar-refractivity contribution >= 4 is 44.6 Å². The molecule has 3 unspecified atom stereocenters. The molecule has 6 rings (SSSR count). The van der Waals surface area contributed by atoms with E-state index < -0.39 is 40.0 Å². The van der Waals surface area contributed by atoms with Gasteiger partial charge < -0.3 is 15.5 Å². The van der Waals surface area contributed by atoms with E-state index in [1.807, 2.05) is 24.3 Å². The van der Waals surface area contributed by atoms with Crippen LogP contribution in [0.5, 0.6) is 0 Å². The van der Waals surface area contributed by atoms with E-state index in [-0.39, 0.29) is 22.5 Å². The van der Waals surface area contributed by atoms with Gasteiger partial charge in [0, 0.05) is 37.6 Å². The number of nitrogens with one attached hydrogen (secondary N) is 3. The van der Waals surface area contributed by atoms with Gasteiger partial charge in [-0.2, -0.15) is 0 Å². The maximum Gasteiger partial charge on any atom is 0.241 e. The molecular formula is C35H40N6O5S. The molecule has 11 nitrogen and oxygen atoms in total. The lowest BCUT2D eigenvalue weighted by molar-refractivity contribution is -0.136. The smallest absolute Gasteiger partial charge is 0.241 e. The summed E-state index contributed by atoms with van der Waals surface area (Å²) in [5, 5.41) is 7.88. The van der Waals surface area contributed by atoms with E-state index in [9.17, 15) is 22.8 Å². The number of aromatic nitrogens is 1. The number of fused-ring (bicyclic) bond motifs is 1. The molecule has 0 saturated carbocycles. The zero-order valence-corrected chi connectivity index (χ0v) is 27.0. The van der Waals surface area contributed by atoms with E-state index in [0.717, 1.165) is 30.0 Å². The van der Waals surface area contributed by atoms with Crippen molar-refractivity contribution < 1.29 is 22.8 Å². The monoisotopic (exact) mass is 656 g/mol. The fourth-order valence-electron chi connectivity index (χ4n) is 6.90. The van der Waals surface area contributed by atoms with E-state index in [4.69, 9.17) is 4.99 Å². The number of nitrogens with zero attached hydrogens (tertiary/aromatic N) is 3. The number of aliphatic imine (C=N–C) groups is 1. The minimum Gasteiger partial charge on any atom is -0.348 e. The van der Waals surface area contributed by atoms with Gasteiger partial charge in [-0.3, -0.25) is 24.4 Å². The number of piperidine rings is 2. The highest BCUT2D eigenvalue weighted by atomic mass is 32.2. The number of ketones is 1. The lowest BCUT2D eigenvalue weighted by Crippen LogP contribution is -2.62. The predicted octanol–water partition coefficient (Wildman–Crippen LogP) is 2.74. The van der Waals surface area contributed by atoms with Crippen LogP contribution in [0.1, 0.15) is 43.6 Å². The minimum absolute atomic E-state index is 0.0244. The van der Waals surface area contributed by atoms with Gasteiger partial charge in [0.25, 0.3) is 0 Å². The summed E-state index contributed by atoms with van der Waals surface area (Å²) in [6.45, 7) is 1.89. The fourth-order valence-corrected chi connectivity index (χ4v) is 7.92. The highest BCUT2D eigenvalue weighted by molar-refractivity contribution is 7.89. The van der Waals surface area contributed by atoms with Crippen LogP contribution < -0.4 is 15.4 Å². The summed E-state index contributed by atoms with van der Waals surface area (Å²) in [5.74, 6) is -2.38. The van der Waals surface area contributed by atoms with Crippen LogP contribution in [0.2, 0.25) is 0 Å². The topological polar surface area (TPSA) is 150 Å². The fraction of sp³-hybridized carbons (Fsp3) is 0.400. The first-order valence-corrected chi connectivity index (χ1v) is 17.7. The Morgan fingerprint density at radius 2 is 1.68 bits per heavy atom. The number of allylic oxidation sites excluding steroid dienone is 1. The first kappa shape index (κ1) is 32.7. The number of pyridine rings is 1. The summed E-state index contributed by atoms with van der Waals surface area (Å²) in [6.07, 6.45) is 12.0. The zero-order chi connectivity index (χ0) is 32.9. The Bertz CT molecular complexity index is 1770. The number of Topliss-reactive ketones (excluding diaryl/α,β-unsaturated/α-hetero) is 1. The van der Waals surface area contributed by atoms with Crippen LogP contribution in [-0.2, 0) is 24.4 Å². The molecular weight excluding hydrogens is 616 g/mol. The number of benzene rings is 2. The molecule has 2 fully saturated rings. The summed E-state index contributed by atoms with van der Waals surface area (Å²) in [7, 11) is -4.07. The second-order valence-electron chi connectivity index (χ2n) is 12.4. The van der Waals surface area contributed by atoms with Gasteiger partial charge in [0.2, 0.25) is 21.8 Å². The van der Waals surface area contributed by atoms with Gasteiger partial charge in [-0.05, 0) is 97.9 Å². The molecule has 3 atom stereocenters. The Morgan fingerprint density at radius 3 is 2.38 bits per heavy atom. The van der Waals surface area contributed by atoms with E-state index >= 15 is 0 Å². The minimum atomic E-state index is -4.07. The summed E-state index contributed by atoms with van der Waals surface area (Å²) in [5.41, 5.74) is -0.973. The Labute approximate surface area is 275 Å². The molecule has 2 saturated heterocycles. The van der Waals surface area contributed by atoms with Crippen LogP contribution in [0.15, 0.2) is 89.0 Å². The highest BCUT2D eigenvalue weighted by Gasteiger charge is 2.53. The maximum absolute atomic E-state index is 14.5. The summed E-state index contributed by atoms with van der Waals surface area (Å²) >= 11 is 0. The quantitative estimate of drug-likeness (QED) is 0.287. The lowest BCUT2D eigenvalue weighted by Gasteiger charge is -2.42. The van der Waals surface area contributed by atoms with Crippen LogP contribution in [0.4, 0.5) is 0 Å². The summed E-state index contributed by atoms with van der Waals surface area (Å²) in [6, 6.07) is 14.5. The number of sulfonamides is 1. The van der Waals surface area contributed by atoms with Gasteiger partial charge in [-0.15, -0.1) is 0 Å². The third-order valence-electron chi connectivity index (χ3n) is 9.41. The molecule has 0 radical (unpaired) electrons. The Kier molecular flexibility index (Phi) is 9.90. The Morgan fingerprint density at radius 1 is 0.957 bits per heavy atom. The number of amides is 2. The second-order valence-corrected chi connectivity index (χ2v) is 14.1. The zero-order valence-electron chi connectivity index (χ0n) is 26.2. The van der Waals surface area contributed by atoms with Crippen molar-refractivity contribution in [3.8, 4) is 0 Å². The van der Waals surface area contributed by atoms with Crippen molar-refractivity contribution in [2.24, 2.45) is 10.9 Å². The van der Waals surface area contributed by atoms with Gasteiger partial charge in [0.15, 0.2) is 11.3 Å². The van der Waals surface area contributed by atoms with Crippen molar-refractivity contribution in [3.05, 3.63) is 84.7 Å². The molecule has 3 N–H and O–H groups in total. The molecule has 2 amide bonds. The maximum atomic E-state index is 14.5. The molecule has 0 aliphatic carbocycles. The van der Waals surface area contributed by atoms with Gasteiger partial charge in [-0.25, -0.2) is 13.1 Å². The number of hydrogen-bond donors (Lipinski definition) is 3. The van der Waals surface area contributed by atoms with Gasteiger partial charge in [0.05, 0.1) is 23.4 Å². The SMILES string of the molecule is O=C(CNS(=O)(=O)c1ccc2ccccc2c1)NC(C(C(=O)N1CCCCC1)c1ccncc1)C1(C(=O)C2CCNCC2)C=CC=N1. The average Bonchev–Trinajstić information content (AvgIpc) is 3.62. The number of likely N-dealkylation sites (tertiary alicyclic amines) is 1. The lowest BCUT2D eigenvalue weighted by atomic mass is 9.71. The van der Waals surface area contributed by atoms with Crippen LogP contribution in [0, 0.1) is 5.92 Å². The van der Waals surface area contributed by atoms with Crippen LogP contribution in [0.3, 0.4) is 0 Å². The third kappa shape index (κ3) is 7.04. The van der Waals surface area contributed by atoms with Crippen LogP contribution >= 0.6 is 0 Å². The van der Waals surface area contributed by atoms with Crippen molar-refractivity contribution in [2.75, 3.05) is 32.7 Å². The second kappa shape index (κ2) is 14.2. The number of rotatable bonds is 11. The summed E-state index contributed by atoms with van der Waals surface area (Å²) in [4.78, 5) is 53.4. The van der Waals surface area contributed by atoms with Crippen molar-refractivity contribution in [2.45, 2.75) is 54.5 Å². The van der Waals surface area contributed by atoms with Crippen LogP contribution in [0.25, 0.3) is 10.8 Å².